The van der Waals surface area contributed by atoms with Crippen LogP contribution in [0.15, 0.2) is 48.5 Å². The number of carbonyl (C=O) groups is 1. The molecule has 2 aromatic carbocycles. The zero-order valence-corrected chi connectivity index (χ0v) is 10.4. The first kappa shape index (κ1) is 12.4. The van der Waals surface area contributed by atoms with Gasteiger partial charge in [-0.15, -0.1) is 0 Å². The maximum atomic E-state index is 11.9. The molecular weight excluding hydrogens is 224 g/mol. The van der Waals surface area contributed by atoms with E-state index in [9.17, 15) is 4.79 Å². The van der Waals surface area contributed by atoms with Crippen molar-refractivity contribution in [2.45, 2.75) is 19.8 Å². The fraction of sp³-hybridized carbons (Fsp3) is 0.188. The highest BCUT2D eigenvalue weighted by Gasteiger charge is 2.06. The van der Waals surface area contributed by atoms with Gasteiger partial charge in [-0.1, -0.05) is 29.8 Å². The summed E-state index contributed by atoms with van der Waals surface area (Å²) in [4.78, 5) is 11.9. The predicted octanol–water partition coefficient (Wildman–Crippen LogP) is 3.52. The Labute approximate surface area is 107 Å². The van der Waals surface area contributed by atoms with Crippen LogP contribution < -0.4 is 0 Å². The Hall–Kier alpha value is -2.09. The zero-order valence-electron chi connectivity index (χ0n) is 10.4. The van der Waals surface area contributed by atoms with E-state index < -0.39 is 0 Å². The van der Waals surface area contributed by atoms with E-state index in [-0.39, 0.29) is 11.5 Å². The molecule has 0 fully saturated rings. The van der Waals surface area contributed by atoms with Crippen molar-refractivity contribution in [3.05, 3.63) is 65.2 Å². The standard InChI is InChI=1S/C16H16O2/c1-12-3-2-4-13(11-12)5-10-16(18)14-6-8-15(17)9-7-14/h2-4,6-9,11,17H,5,10H2,1H3. The molecule has 0 bridgehead atoms. The number of aromatic hydroxyl groups is 1. The number of carbonyl (C=O) groups excluding carboxylic acids is 1. The summed E-state index contributed by atoms with van der Waals surface area (Å²) in [5.41, 5.74) is 3.05. The van der Waals surface area contributed by atoms with Crippen LogP contribution in [0.4, 0.5) is 0 Å². The molecule has 0 unspecified atom stereocenters. The molecular formula is C16H16O2. The highest BCUT2D eigenvalue weighted by molar-refractivity contribution is 5.96. The van der Waals surface area contributed by atoms with E-state index >= 15 is 0 Å². The largest absolute Gasteiger partial charge is 0.508 e. The van der Waals surface area contributed by atoms with Gasteiger partial charge in [0.2, 0.25) is 0 Å². The summed E-state index contributed by atoms with van der Waals surface area (Å²) < 4.78 is 0. The average molecular weight is 240 g/mol. The summed E-state index contributed by atoms with van der Waals surface area (Å²) in [5, 5.41) is 9.17. The molecule has 0 amide bonds. The molecule has 0 aliphatic rings. The van der Waals surface area contributed by atoms with Crippen LogP contribution in [-0.2, 0) is 6.42 Å². The number of ketones is 1. The summed E-state index contributed by atoms with van der Waals surface area (Å²) in [6, 6.07) is 14.6. The van der Waals surface area contributed by atoms with Gasteiger partial charge in [0.25, 0.3) is 0 Å². The minimum atomic E-state index is 0.108. The third-order valence-corrected chi connectivity index (χ3v) is 2.91. The van der Waals surface area contributed by atoms with Crippen LogP contribution >= 0.6 is 0 Å². The Balaban J connectivity index is 1.98. The predicted molar refractivity (Wildman–Crippen MR) is 71.9 cm³/mol. The van der Waals surface area contributed by atoms with Crippen molar-refractivity contribution >= 4 is 5.78 Å². The number of benzene rings is 2. The lowest BCUT2D eigenvalue weighted by molar-refractivity contribution is 0.0983. The molecule has 0 saturated heterocycles. The smallest absolute Gasteiger partial charge is 0.163 e. The van der Waals surface area contributed by atoms with Crippen LogP contribution in [0.1, 0.15) is 27.9 Å². The van der Waals surface area contributed by atoms with Crippen molar-refractivity contribution in [1.29, 1.82) is 0 Å². The first-order chi connectivity index (χ1) is 8.65. The normalized spacial score (nSPS) is 10.3. The van der Waals surface area contributed by atoms with E-state index in [4.69, 9.17) is 5.11 Å². The molecule has 18 heavy (non-hydrogen) atoms. The summed E-state index contributed by atoms with van der Waals surface area (Å²) in [6.07, 6.45) is 1.25. The van der Waals surface area contributed by atoms with E-state index in [1.54, 1.807) is 24.3 Å². The lowest BCUT2D eigenvalue weighted by Crippen LogP contribution is -2.00. The number of phenols is 1. The summed E-state index contributed by atoms with van der Waals surface area (Å²) in [7, 11) is 0. The monoisotopic (exact) mass is 240 g/mol. The van der Waals surface area contributed by atoms with Crippen molar-refractivity contribution in [3.8, 4) is 5.75 Å². The first-order valence-corrected chi connectivity index (χ1v) is 6.03. The van der Waals surface area contributed by atoms with Crippen molar-refractivity contribution in [2.24, 2.45) is 0 Å². The molecule has 0 saturated carbocycles. The summed E-state index contributed by atoms with van der Waals surface area (Å²) >= 11 is 0. The molecule has 0 heterocycles. The molecule has 1 N–H and O–H groups in total. The fourth-order valence-electron chi connectivity index (χ4n) is 1.92. The van der Waals surface area contributed by atoms with Gasteiger partial charge in [0.15, 0.2) is 5.78 Å². The molecule has 92 valence electrons. The van der Waals surface area contributed by atoms with E-state index in [0.29, 0.717) is 12.0 Å². The molecule has 0 radical (unpaired) electrons. The molecule has 2 nitrogen and oxygen atoms in total. The number of hydrogen-bond acceptors (Lipinski definition) is 2. The van der Waals surface area contributed by atoms with Crippen LogP contribution in [0.3, 0.4) is 0 Å². The average Bonchev–Trinajstić information content (AvgIpc) is 2.37. The lowest BCUT2D eigenvalue weighted by Gasteiger charge is -2.03. The van der Waals surface area contributed by atoms with Crippen molar-refractivity contribution in [1.82, 2.24) is 0 Å². The number of Topliss-reactive ketones (excluding diaryl/α,β-unsaturated/α-hetero) is 1. The minimum absolute atomic E-state index is 0.108. The Morgan fingerprint density at radius 2 is 1.83 bits per heavy atom. The maximum absolute atomic E-state index is 11.9. The van der Waals surface area contributed by atoms with Gasteiger partial charge in [0, 0.05) is 12.0 Å². The number of aryl methyl sites for hydroxylation is 2. The molecule has 0 aliphatic carbocycles. The van der Waals surface area contributed by atoms with Crippen LogP contribution in [0, 0.1) is 6.92 Å². The molecule has 2 aromatic rings. The maximum Gasteiger partial charge on any atom is 0.163 e. The SMILES string of the molecule is Cc1cccc(CCC(=O)c2ccc(O)cc2)c1. The second-order valence-electron chi connectivity index (χ2n) is 4.46. The van der Waals surface area contributed by atoms with Gasteiger partial charge in [-0.3, -0.25) is 4.79 Å². The highest BCUT2D eigenvalue weighted by Crippen LogP contribution is 2.13. The first-order valence-electron chi connectivity index (χ1n) is 6.03. The molecule has 0 spiro atoms. The summed E-state index contributed by atoms with van der Waals surface area (Å²) in [6.45, 7) is 2.05. The third kappa shape index (κ3) is 3.20. The van der Waals surface area contributed by atoms with Gasteiger partial charge >= 0.3 is 0 Å². The summed E-state index contributed by atoms with van der Waals surface area (Å²) in [5.74, 6) is 0.293. The lowest BCUT2D eigenvalue weighted by atomic mass is 10.0. The molecule has 2 rings (SSSR count). The van der Waals surface area contributed by atoms with Crippen molar-refractivity contribution < 1.29 is 9.90 Å². The minimum Gasteiger partial charge on any atom is -0.508 e. The second-order valence-corrected chi connectivity index (χ2v) is 4.46. The van der Waals surface area contributed by atoms with Gasteiger partial charge in [-0.2, -0.15) is 0 Å². The fourth-order valence-corrected chi connectivity index (χ4v) is 1.92. The van der Waals surface area contributed by atoms with Gasteiger partial charge < -0.3 is 5.11 Å². The zero-order chi connectivity index (χ0) is 13.0. The molecule has 0 aromatic heterocycles. The molecule has 0 atom stereocenters. The number of phenolic OH excluding ortho intramolecular Hbond substituents is 1. The van der Waals surface area contributed by atoms with Crippen LogP contribution in [0.2, 0.25) is 0 Å². The number of hydrogen-bond donors (Lipinski definition) is 1. The molecule has 2 heteroatoms. The van der Waals surface area contributed by atoms with E-state index in [0.717, 1.165) is 6.42 Å². The van der Waals surface area contributed by atoms with Gasteiger partial charge in [-0.25, -0.2) is 0 Å². The van der Waals surface area contributed by atoms with Gasteiger partial charge in [-0.05, 0) is 43.2 Å². The quantitative estimate of drug-likeness (QED) is 0.830. The molecule has 0 aliphatic heterocycles. The Bertz CT molecular complexity index is 541. The second kappa shape index (κ2) is 5.50. The van der Waals surface area contributed by atoms with E-state index in [2.05, 4.69) is 6.07 Å². The van der Waals surface area contributed by atoms with Gasteiger partial charge in [0.1, 0.15) is 5.75 Å². The highest BCUT2D eigenvalue weighted by atomic mass is 16.3. The Kier molecular flexibility index (Phi) is 3.78. The topological polar surface area (TPSA) is 37.3 Å². The third-order valence-electron chi connectivity index (χ3n) is 2.91. The van der Waals surface area contributed by atoms with E-state index in [1.807, 2.05) is 25.1 Å². The van der Waals surface area contributed by atoms with Crippen molar-refractivity contribution in [3.63, 3.8) is 0 Å². The van der Waals surface area contributed by atoms with Crippen LogP contribution in [0.25, 0.3) is 0 Å². The number of rotatable bonds is 4. The van der Waals surface area contributed by atoms with Gasteiger partial charge in [0.05, 0.1) is 0 Å². The van der Waals surface area contributed by atoms with E-state index in [1.165, 1.54) is 11.1 Å². The Morgan fingerprint density at radius 1 is 1.11 bits per heavy atom. The van der Waals surface area contributed by atoms with Crippen molar-refractivity contribution in [2.75, 3.05) is 0 Å². The van der Waals surface area contributed by atoms with Crippen LogP contribution in [-0.4, -0.2) is 10.9 Å². The van der Waals surface area contributed by atoms with Crippen LogP contribution in [0.5, 0.6) is 5.75 Å². The Morgan fingerprint density at radius 3 is 2.50 bits per heavy atom.